The molecule has 0 radical (unpaired) electrons. The lowest BCUT2D eigenvalue weighted by molar-refractivity contribution is 0.204. The third-order valence-electron chi connectivity index (χ3n) is 2.85. The van der Waals surface area contributed by atoms with Crippen molar-refractivity contribution in [3.63, 3.8) is 0 Å². The van der Waals surface area contributed by atoms with E-state index < -0.39 is 10.2 Å². The molecule has 0 aliphatic heterocycles. The summed E-state index contributed by atoms with van der Waals surface area (Å²) >= 11 is 0. The highest BCUT2D eigenvalue weighted by Crippen LogP contribution is 2.22. The van der Waals surface area contributed by atoms with Crippen LogP contribution in [0.5, 0.6) is 0 Å². The molecule has 2 unspecified atom stereocenters. The Labute approximate surface area is 97.1 Å². The van der Waals surface area contributed by atoms with Gasteiger partial charge in [0.1, 0.15) is 0 Å². The summed E-state index contributed by atoms with van der Waals surface area (Å²) in [6.45, 7) is 1.07. The van der Waals surface area contributed by atoms with Gasteiger partial charge < -0.3 is 10.5 Å². The first-order valence-corrected chi connectivity index (χ1v) is 7.02. The second-order valence-corrected chi connectivity index (χ2v) is 5.68. The Morgan fingerprint density at radius 2 is 2.12 bits per heavy atom. The molecule has 0 heterocycles. The van der Waals surface area contributed by atoms with E-state index in [0.29, 0.717) is 13.2 Å². The van der Waals surface area contributed by atoms with Crippen LogP contribution in [0, 0.1) is 5.92 Å². The van der Waals surface area contributed by atoms with Crippen molar-refractivity contribution in [2.75, 3.05) is 26.8 Å². The molecule has 0 aromatic rings. The molecule has 16 heavy (non-hydrogen) atoms. The normalized spacial score (nSPS) is 26.1. The van der Waals surface area contributed by atoms with Gasteiger partial charge in [0, 0.05) is 26.2 Å². The maximum absolute atomic E-state index is 11.5. The second kappa shape index (κ2) is 6.51. The van der Waals surface area contributed by atoms with E-state index in [1.54, 1.807) is 0 Å². The van der Waals surface area contributed by atoms with Crippen LogP contribution in [0.2, 0.25) is 0 Å². The second-order valence-electron chi connectivity index (χ2n) is 4.09. The van der Waals surface area contributed by atoms with Gasteiger partial charge in [0.15, 0.2) is 0 Å². The van der Waals surface area contributed by atoms with Gasteiger partial charge in [0.05, 0.1) is 6.61 Å². The van der Waals surface area contributed by atoms with Crippen molar-refractivity contribution < 1.29 is 13.2 Å². The number of hydrogen-bond acceptors (Lipinski definition) is 4. The van der Waals surface area contributed by atoms with Crippen molar-refractivity contribution in [2.24, 2.45) is 11.7 Å². The molecule has 1 aliphatic carbocycles. The fraction of sp³-hybridized carbons (Fsp3) is 1.00. The standard InChI is InChI=1S/C9H21N3O3S/c1-15-6-5-11-16(13,14)12-7-8-3-2-4-9(8)10/h8-9,11-12H,2-7,10H2,1H3. The molecule has 2 atom stereocenters. The van der Waals surface area contributed by atoms with E-state index in [-0.39, 0.29) is 18.5 Å². The Morgan fingerprint density at radius 3 is 2.69 bits per heavy atom. The van der Waals surface area contributed by atoms with Gasteiger partial charge in [0.25, 0.3) is 10.2 Å². The maximum Gasteiger partial charge on any atom is 0.276 e. The molecule has 1 rings (SSSR count). The van der Waals surface area contributed by atoms with Crippen molar-refractivity contribution >= 4 is 10.2 Å². The fourth-order valence-corrected chi connectivity index (χ4v) is 2.75. The van der Waals surface area contributed by atoms with Crippen LogP contribution >= 0.6 is 0 Å². The summed E-state index contributed by atoms with van der Waals surface area (Å²) in [5, 5.41) is 0. The van der Waals surface area contributed by atoms with Crippen molar-refractivity contribution in [1.82, 2.24) is 9.44 Å². The zero-order chi connectivity index (χ0) is 12.0. The lowest BCUT2D eigenvalue weighted by Gasteiger charge is -2.16. The summed E-state index contributed by atoms with van der Waals surface area (Å²) in [7, 11) is -1.87. The molecule has 0 amide bonds. The van der Waals surface area contributed by atoms with Crippen LogP contribution in [0.15, 0.2) is 0 Å². The molecular formula is C9H21N3O3S. The molecule has 0 aromatic carbocycles. The maximum atomic E-state index is 11.5. The number of ether oxygens (including phenoxy) is 1. The van der Waals surface area contributed by atoms with Gasteiger partial charge in [-0.2, -0.15) is 13.1 Å². The topological polar surface area (TPSA) is 93.4 Å². The minimum atomic E-state index is -3.40. The molecule has 0 aromatic heterocycles. The number of nitrogens with two attached hydrogens (primary N) is 1. The van der Waals surface area contributed by atoms with Gasteiger partial charge in [0.2, 0.25) is 0 Å². The molecule has 4 N–H and O–H groups in total. The van der Waals surface area contributed by atoms with Crippen LogP contribution in [-0.4, -0.2) is 41.3 Å². The van der Waals surface area contributed by atoms with Crippen molar-refractivity contribution in [2.45, 2.75) is 25.3 Å². The van der Waals surface area contributed by atoms with Gasteiger partial charge in [-0.15, -0.1) is 0 Å². The molecule has 1 aliphatic rings. The largest absolute Gasteiger partial charge is 0.383 e. The molecule has 96 valence electrons. The Hall–Kier alpha value is -0.210. The van der Waals surface area contributed by atoms with Crippen molar-refractivity contribution in [1.29, 1.82) is 0 Å². The molecule has 6 nitrogen and oxygen atoms in total. The van der Waals surface area contributed by atoms with E-state index in [9.17, 15) is 8.42 Å². The Balaban J connectivity index is 2.24. The highest BCUT2D eigenvalue weighted by Gasteiger charge is 2.24. The summed E-state index contributed by atoms with van der Waals surface area (Å²) in [5.41, 5.74) is 5.85. The highest BCUT2D eigenvalue weighted by atomic mass is 32.2. The van der Waals surface area contributed by atoms with Gasteiger partial charge >= 0.3 is 0 Å². The van der Waals surface area contributed by atoms with Gasteiger partial charge in [-0.05, 0) is 18.8 Å². The average molecular weight is 251 g/mol. The number of methoxy groups -OCH3 is 1. The van der Waals surface area contributed by atoms with Crippen molar-refractivity contribution in [3.05, 3.63) is 0 Å². The molecule has 7 heteroatoms. The van der Waals surface area contributed by atoms with Crippen molar-refractivity contribution in [3.8, 4) is 0 Å². The van der Waals surface area contributed by atoms with Crippen LogP contribution in [0.25, 0.3) is 0 Å². The van der Waals surface area contributed by atoms with Crippen LogP contribution < -0.4 is 15.2 Å². The molecular weight excluding hydrogens is 230 g/mol. The summed E-state index contributed by atoms with van der Waals surface area (Å²) in [6, 6.07) is 0.127. The lowest BCUT2D eigenvalue weighted by Crippen LogP contribution is -2.42. The minimum Gasteiger partial charge on any atom is -0.383 e. The Morgan fingerprint density at radius 1 is 1.38 bits per heavy atom. The first-order chi connectivity index (χ1) is 7.55. The zero-order valence-electron chi connectivity index (χ0n) is 9.61. The summed E-state index contributed by atoms with van der Waals surface area (Å²) in [6.07, 6.45) is 3.08. The Kier molecular flexibility index (Phi) is 5.63. The molecule has 0 spiro atoms. The Bertz CT molecular complexity index is 294. The predicted octanol–water partition coefficient (Wildman–Crippen LogP) is -0.816. The van der Waals surface area contributed by atoms with E-state index in [0.717, 1.165) is 19.3 Å². The highest BCUT2D eigenvalue weighted by molar-refractivity contribution is 7.87. The molecule has 0 bridgehead atoms. The predicted molar refractivity (Wildman–Crippen MR) is 62.1 cm³/mol. The van der Waals surface area contributed by atoms with Gasteiger partial charge in [-0.3, -0.25) is 0 Å². The lowest BCUT2D eigenvalue weighted by atomic mass is 10.1. The SMILES string of the molecule is COCCNS(=O)(=O)NCC1CCCC1N. The summed E-state index contributed by atoms with van der Waals surface area (Å²) in [4.78, 5) is 0. The smallest absolute Gasteiger partial charge is 0.276 e. The summed E-state index contributed by atoms with van der Waals surface area (Å²) < 4.78 is 32.6. The molecule has 1 fully saturated rings. The summed E-state index contributed by atoms with van der Waals surface area (Å²) in [5.74, 6) is 0.263. The molecule has 0 saturated heterocycles. The van der Waals surface area contributed by atoms with Crippen LogP contribution in [0.3, 0.4) is 0 Å². The third-order valence-corrected chi connectivity index (χ3v) is 3.98. The number of hydrogen-bond donors (Lipinski definition) is 3. The van der Waals surface area contributed by atoms with Crippen LogP contribution in [-0.2, 0) is 14.9 Å². The van der Waals surface area contributed by atoms with Crippen LogP contribution in [0.4, 0.5) is 0 Å². The number of nitrogens with one attached hydrogen (secondary N) is 2. The van der Waals surface area contributed by atoms with E-state index in [2.05, 4.69) is 9.44 Å². The minimum absolute atomic E-state index is 0.127. The van der Waals surface area contributed by atoms with E-state index in [1.165, 1.54) is 7.11 Å². The van der Waals surface area contributed by atoms with E-state index in [4.69, 9.17) is 10.5 Å². The van der Waals surface area contributed by atoms with E-state index in [1.807, 2.05) is 0 Å². The van der Waals surface area contributed by atoms with Gasteiger partial charge in [-0.1, -0.05) is 6.42 Å². The van der Waals surface area contributed by atoms with Crippen LogP contribution in [0.1, 0.15) is 19.3 Å². The monoisotopic (exact) mass is 251 g/mol. The van der Waals surface area contributed by atoms with E-state index >= 15 is 0 Å². The first-order valence-electron chi connectivity index (χ1n) is 5.54. The fourth-order valence-electron chi connectivity index (χ4n) is 1.86. The average Bonchev–Trinajstić information content (AvgIpc) is 2.62. The zero-order valence-corrected chi connectivity index (χ0v) is 10.4. The molecule has 1 saturated carbocycles. The number of rotatable bonds is 7. The first kappa shape index (κ1) is 13.9. The third kappa shape index (κ3) is 4.75. The quantitative estimate of drug-likeness (QED) is 0.516. The van der Waals surface area contributed by atoms with Gasteiger partial charge in [-0.25, -0.2) is 4.72 Å².